The third kappa shape index (κ3) is 3.11. The molecule has 0 aromatic carbocycles. The maximum Gasteiger partial charge on any atom is 0.312 e. The van der Waals surface area contributed by atoms with Gasteiger partial charge in [-0.15, -0.1) is 0 Å². The summed E-state index contributed by atoms with van der Waals surface area (Å²) in [5, 5.41) is 0. The van der Waals surface area contributed by atoms with E-state index in [9.17, 15) is 9.59 Å². The number of esters is 1. The molecule has 5 rings (SSSR count). The molecular weight excluding hydrogens is 448 g/mol. The van der Waals surface area contributed by atoms with Crippen molar-refractivity contribution in [2.45, 2.75) is 112 Å². The highest BCUT2D eigenvalue weighted by Gasteiger charge is 2.69. The Morgan fingerprint density at radius 2 is 1.67 bits per heavy atom. The number of hydrogen-bond acceptors (Lipinski definition) is 4. The van der Waals surface area contributed by atoms with Gasteiger partial charge in [0.15, 0.2) is 0 Å². The van der Waals surface area contributed by atoms with E-state index < -0.39 is 0 Å². The van der Waals surface area contributed by atoms with E-state index >= 15 is 0 Å². The van der Waals surface area contributed by atoms with Crippen LogP contribution >= 0.6 is 0 Å². The minimum Gasteiger partial charge on any atom is -0.469 e. The first kappa shape index (κ1) is 26.3. The predicted octanol–water partition coefficient (Wildman–Crippen LogP) is 7.36. The zero-order valence-electron chi connectivity index (χ0n) is 24.1. The summed E-state index contributed by atoms with van der Waals surface area (Å²) in [6.07, 6.45) is 12.4. The van der Waals surface area contributed by atoms with Crippen LogP contribution in [0.2, 0.25) is 0 Å². The first-order valence-corrected chi connectivity index (χ1v) is 14.7. The van der Waals surface area contributed by atoms with E-state index in [2.05, 4.69) is 54.5 Å². The summed E-state index contributed by atoms with van der Waals surface area (Å²) in [6, 6.07) is 0. The molecule has 0 radical (unpaired) electrons. The number of fused-ring (bicyclic) bond motifs is 7. The van der Waals surface area contributed by atoms with Crippen LogP contribution in [-0.4, -0.2) is 25.7 Å². The molecule has 5 aliphatic rings. The van der Waals surface area contributed by atoms with Crippen molar-refractivity contribution in [3.05, 3.63) is 11.6 Å². The molecule has 0 aromatic rings. The molecule has 0 aromatic heterocycles. The largest absolute Gasteiger partial charge is 0.469 e. The molecule has 0 aliphatic heterocycles. The maximum absolute atomic E-state index is 13.4. The summed E-state index contributed by atoms with van der Waals surface area (Å²) in [4.78, 5) is 24.7. The van der Waals surface area contributed by atoms with Crippen LogP contribution < -0.4 is 0 Å². The summed E-state index contributed by atoms with van der Waals surface area (Å²) in [6.45, 7) is 17.9. The van der Waals surface area contributed by atoms with Gasteiger partial charge in [0.05, 0.1) is 12.5 Å². The highest BCUT2D eigenvalue weighted by Crippen LogP contribution is 2.75. The van der Waals surface area contributed by atoms with Crippen LogP contribution in [0.5, 0.6) is 0 Å². The van der Waals surface area contributed by atoms with Gasteiger partial charge in [-0.3, -0.25) is 9.59 Å². The number of rotatable bonds is 3. The average Bonchev–Trinajstić information content (AvgIpc) is 2.83. The van der Waals surface area contributed by atoms with Gasteiger partial charge in [0.2, 0.25) is 0 Å². The molecule has 0 bridgehead atoms. The minimum absolute atomic E-state index is 0.0138. The lowest BCUT2D eigenvalue weighted by atomic mass is 9.33. The van der Waals surface area contributed by atoms with Crippen molar-refractivity contribution in [1.82, 2.24) is 0 Å². The quantitative estimate of drug-likeness (QED) is 0.232. The summed E-state index contributed by atoms with van der Waals surface area (Å²) in [5.74, 6) is 2.60. The van der Waals surface area contributed by atoms with Gasteiger partial charge in [-0.1, -0.05) is 60.1 Å². The summed E-state index contributed by atoms with van der Waals surface area (Å²) < 4.78 is 11.2. The molecular formula is C32H50O4. The smallest absolute Gasteiger partial charge is 0.312 e. The molecule has 4 nitrogen and oxygen atoms in total. The van der Waals surface area contributed by atoms with Crippen molar-refractivity contribution in [3.8, 4) is 0 Å². The van der Waals surface area contributed by atoms with E-state index in [0.29, 0.717) is 36.1 Å². The first-order valence-electron chi connectivity index (χ1n) is 14.7. The Balaban J connectivity index is 1.58. The van der Waals surface area contributed by atoms with E-state index in [4.69, 9.17) is 9.47 Å². The van der Waals surface area contributed by atoms with E-state index in [1.54, 1.807) is 12.7 Å². The molecule has 4 fully saturated rings. The number of methoxy groups -OCH3 is 1. The molecule has 0 amide bonds. The van der Waals surface area contributed by atoms with Gasteiger partial charge in [0.25, 0.3) is 6.47 Å². The van der Waals surface area contributed by atoms with Gasteiger partial charge in [-0.25, -0.2) is 0 Å². The summed E-state index contributed by atoms with van der Waals surface area (Å²) in [7, 11) is 1.59. The molecule has 0 N–H and O–H groups in total. The Morgan fingerprint density at radius 1 is 0.944 bits per heavy atom. The van der Waals surface area contributed by atoms with Gasteiger partial charge >= 0.3 is 5.97 Å². The number of hydrogen-bond donors (Lipinski definition) is 0. The Morgan fingerprint density at radius 3 is 2.33 bits per heavy atom. The van der Waals surface area contributed by atoms with Gasteiger partial charge in [0.1, 0.15) is 6.10 Å². The van der Waals surface area contributed by atoms with Crippen LogP contribution in [-0.2, 0) is 19.1 Å². The zero-order valence-corrected chi connectivity index (χ0v) is 24.1. The highest BCUT2D eigenvalue weighted by atomic mass is 16.5. The molecule has 0 unspecified atom stereocenters. The lowest BCUT2D eigenvalue weighted by molar-refractivity contribution is -0.211. The molecule has 36 heavy (non-hydrogen) atoms. The monoisotopic (exact) mass is 498 g/mol. The number of carbonyl (C=O) groups excluding carboxylic acids is 2. The Bertz CT molecular complexity index is 952. The second-order valence-corrected chi connectivity index (χ2v) is 14.9. The first-order chi connectivity index (χ1) is 16.8. The van der Waals surface area contributed by atoms with Gasteiger partial charge in [0, 0.05) is 5.41 Å². The van der Waals surface area contributed by atoms with Crippen molar-refractivity contribution in [1.29, 1.82) is 0 Å². The standard InChI is InChI=1S/C32H50O4/c1-20-11-16-32(27(34)35-8)18-17-30(6)22(26(32)21(20)2)9-10-24-29(5)14-13-25(36-19-33)28(3,4)23(29)12-15-31(24,30)7/h9,19-21,23-26H,10-18H2,1-8H3/t20-,21+,23+,24-,25+,26+,29+,30-,31-,32+/m1/s1. The highest BCUT2D eigenvalue weighted by molar-refractivity contribution is 5.78. The molecule has 0 spiro atoms. The van der Waals surface area contributed by atoms with Crippen LogP contribution in [0.15, 0.2) is 11.6 Å². The molecule has 202 valence electrons. The fourth-order valence-corrected chi connectivity index (χ4v) is 11.3. The van der Waals surface area contributed by atoms with Crippen LogP contribution in [0.3, 0.4) is 0 Å². The third-order valence-electron chi connectivity index (χ3n) is 13.7. The Hall–Kier alpha value is -1.32. The van der Waals surface area contributed by atoms with E-state index in [0.717, 1.165) is 44.9 Å². The van der Waals surface area contributed by atoms with Gasteiger partial charge in [-0.05, 0) is 104 Å². The molecule has 0 saturated heterocycles. The van der Waals surface area contributed by atoms with E-state index in [-0.39, 0.29) is 39.1 Å². The van der Waals surface area contributed by atoms with Crippen molar-refractivity contribution < 1.29 is 19.1 Å². The van der Waals surface area contributed by atoms with Crippen LogP contribution in [0.4, 0.5) is 0 Å². The topological polar surface area (TPSA) is 52.6 Å². The van der Waals surface area contributed by atoms with E-state index in [1.807, 2.05) is 0 Å². The van der Waals surface area contributed by atoms with E-state index in [1.165, 1.54) is 12.8 Å². The van der Waals surface area contributed by atoms with Gasteiger partial charge < -0.3 is 9.47 Å². The average molecular weight is 499 g/mol. The zero-order chi connectivity index (χ0) is 26.3. The van der Waals surface area contributed by atoms with Crippen molar-refractivity contribution in [2.24, 2.45) is 56.7 Å². The normalized spacial score (nSPS) is 51.4. The lowest BCUT2D eigenvalue weighted by Crippen LogP contribution is -2.65. The predicted molar refractivity (Wildman–Crippen MR) is 142 cm³/mol. The Labute approximate surface area is 219 Å². The van der Waals surface area contributed by atoms with Crippen molar-refractivity contribution in [3.63, 3.8) is 0 Å². The summed E-state index contributed by atoms with van der Waals surface area (Å²) >= 11 is 0. The number of allylic oxidation sites excluding steroid dienone is 2. The lowest BCUT2D eigenvalue weighted by Gasteiger charge is -2.71. The van der Waals surface area contributed by atoms with Crippen LogP contribution in [0.1, 0.15) is 106 Å². The molecule has 4 heteroatoms. The number of carbonyl (C=O) groups is 2. The van der Waals surface area contributed by atoms with Crippen molar-refractivity contribution in [2.75, 3.05) is 7.11 Å². The van der Waals surface area contributed by atoms with Crippen LogP contribution in [0, 0.1) is 56.7 Å². The fraction of sp³-hybridized carbons (Fsp3) is 0.875. The number of ether oxygens (including phenoxy) is 2. The second-order valence-electron chi connectivity index (χ2n) is 14.9. The molecule has 0 heterocycles. The molecule has 4 saturated carbocycles. The Kier molecular flexibility index (Phi) is 6.09. The maximum atomic E-state index is 13.4. The third-order valence-corrected chi connectivity index (χ3v) is 13.7. The van der Waals surface area contributed by atoms with Gasteiger partial charge in [-0.2, -0.15) is 0 Å². The summed E-state index contributed by atoms with van der Waals surface area (Å²) in [5.41, 5.74) is 1.78. The van der Waals surface area contributed by atoms with Crippen LogP contribution in [0.25, 0.3) is 0 Å². The van der Waals surface area contributed by atoms with Crippen molar-refractivity contribution >= 4 is 12.4 Å². The SMILES string of the molecule is COC(=O)[C@]12CC[C@@H](C)[C@H](C)[C@H]1C1=CC[C@@H]3[C@@]4(C)CC[C@H](OC=O)C(C)(C)[C@@H]4CC[C@@]3(C)[C@]1(C)CC2. The minimum atomic E-state index is -0.345. The molecule has 10 atom stereocenters. The fourth-order valence-electron chi connectivity index (χ4n) is 11.3. The molecule has 5 aliphatic carbocycles. The second kappa shape index (κ2) is 8.34.